The summed E-state index contributed by atoms with van der Waals surface area (Å²) in [7, 11) is 0. The van der Waals surface area contributed by atoms with Gasteiger partial charge in [-0.1, -0.05) is 6.08 Å². The lowest BCUT2D eigenvalue weighted by Gasteiger charge is -2.43. The number of allylic oxidation sites excluding steroid dienone is 1. The van der Waals surface area contributed by atoms with Crippen LogP contribution in [0.1, 0.15) is 58.2 Å². The molecule has 3 rings (SSSR count). The normalized spacial score (nSPS) is 18.6. The molecular formula is C24H31N3O2S. The second-order valence-electron chi connectivity index (χ2n) is 8.39. The summed E-state index contributed by atoms with van der Waals surface area (Å²) in [4.78, 5) is 31.4. The van der Waals surface area contributed by atoms with Gasteiger partial charge in [-0.05, 0) is 95.6 Å². The summed E-state index contributed by atoms with van der Waals surface area (Å²) in [5.74, 6) is -0.643. The van der Waals surface area contributed by atoms with Crippen LogP contribution in [-0.4, -0.2) is 51.9 Å². The highest BCUT2D eigenvalue weighted by Gasteiger charge is 2.38. The standard InChI is InChI=1S/C24H31N3O2S/c1-8-25-21(28)19(22(29)26(9-2)23(25)30)13-17-12-18-16(5)14-24(6,7)27(10-3)20(18)11-15(17)4/h11-14H,8-10H2,1-7H3. The van der Waals surface area contributed by atoms with Gasteiger partial charge in [0, 0.05) is 30.9 Å². The summed E-state index contributed by atoms with van der Waals surface area (Å²) >= 11 is 5.36. The first-order valence-electron chi connectivity index (χ1n) is 10.6. The van der Waals surface area contributed by atoms with Crippen LogP contribution in [0.25, 0.3) is 11.6 Å². The van der Waals surface area contributed by atoms with E-state index in [1.54, 1.807) is 6.08 Å². The fourth-order valence-electron chi connectivity index (χ4n) is 4.52. The van der Waals surface area contributed by atoms with E-state index in [4.69, 9.17) is 12.2 Å². The third kappa shape index (κ3) is 3.47. The summed E-state index contributed by atoms with van der Waals surface area (Å²) in [6.07, 6.45) is 4.01. The molecule has 0 N–H and O–H groups in total. The molecule has 0 spiro atoms. The van der Waals surface area contributed by atoms with E-state index in [0.29, 0.717) is 13.1 Å². The average Bonchev–Trinajstić information content (AvgIpc) is 2.66. The summed E-state index contributed by atoms with van der Waals surface area (Å²) in [6, 6.07) is 4.27. The molecule has 5 nitrogen and oxygen atoms in total. The van der Waals surface area contributed by atoms with Crippen LogP contribution in [0.15, 0.2) is 23.8 Å². The number of benzene rings is 1. The Morgan fingerprint density at radius 2 is 1.53 bits per heavy atom. The van der Waals surface area contributed by atoms with Gasteiger partial charge in [0.15, 0.2) is 5.11 Å². The Morgan fingerprint density at radius 3 is 2.03 bits per heavy atom. The molecule has 2 aliphatic rings. The Labute approximate surface area is 185 Å². The third-order valence-electron chi connectivity index (χ3n) is 6.03. The van der Waals surface area contributed by atoms with E-state index in [-0.39, 0.29) is 28.0 Å². The van der Waals surface area contributed by atoms with Crippen molar-refractivity contribution in [2.45, 2.75) is 54.0 Å². The minimum atomic E-state index is -0.321. The number of thiocarbonyl (C=S) groups is 1. The molecule has 0 aliphatic carbocycles. The predicted octanol–water partition coefficient (Wildman–Crippen LogP) is 4.40. The molecule has 2 amide bonds. The quantitative estimate of drug-likeness (QED) is 0.408. The van der Waals surface area contributed by atoms with Crippen LogP contribution >= 0.6 is 12.2 Å². The van der Waals surface area contributed by atoms with Crippen molar-refractivity contribution in [3.05, 3.63) is 40.5 Å². The van der Waals surface area contributed by atoms with Crippen LogP contribution in [0.3, 0.4) is 0 Å². The van der Waals surface area contributed by atoms with E-state index in [1.807, 2.05) is 20.8 Å². The molecule has 0 unspecified atom stereocenters. The van der Waals surface area contributed by atoms with E-state index >= 15 is 0 Å². The van der Waals surface area contributed by atoms with Crippen molar-refractivity contribution in [2.75, 3.05) is 24.5 Å². The Morgan fingerprint density at radius 1 is 0.967 bits per heavy atom. The van der Waals surface area contributed by atoms with Gasteiger partial charge in [-0.25, -0.2) is 0 Å². The lowest BCUT2D eigenvalue weighted by molar-refractivity contribution is -0.133. The zero-order chi connectivity index (χ0) is 22.4. The molecule has 0 radical (unpaired) electrons. The van der Waals surface area contributed by atoms with Crippen molar-refractivity contribution in [1.82, 2.24) is 9.80 Å². The maximum absolute atomic E-state index is 13.0. The lowest BCUT2D eigenvalue weighted by atomic mass is 9.86. The third-order valence-corrected chi connectivity index (χ3v) is 6.47. The second-order valence-corrected chi connectivity index (χ2v) is 8.76. The molecule has 1 saturated heterocycles. The first-order valence-corrected chi connectivity index (χ1v) is 11.0. The fraction of sp³-hybridized carbons (Fsp3) is 0.458. The highest BCUT2D eigenvalue weighted by Crippen LogP contribution is 2.40. The summed E-state index contributed by atoms with van der Waals surface area (Å²) in [6.45, 7) is 16.2. The number of hydrogen-bond acceptors (Lipinski definition) is 4. The molecule has 0 saturated carbocycles. The largest absolute Gasteiger partial charge is 0.363 e. The van der Waals surface area contributed by atoms with E-state index < -0.39 is 0 Å². The van der Waals surface area contributed by atoms with Crippen LogP contribution < -0.4 is 4.90 Å². The van der Waals surface area contributed by atoms with Crippen LogP contribution in [0.2, 0.25) is 0 Å². The molecule has 0 aromatic heterocycles. The topological polar surface area (TPSA) is 43.9 Å². The molecule has 6 heteroatoms. The monoisotopic (exact) mass is 425 g/mol. The molecular weight excluding hydrogens is 394 g/mol. The highest BCUT2D eigenvalue weighted by molar-refractivity contribution is 7.80. The molecule has 160 valence electrons. The van der Waals surface area contributed by atoms with Crippen molar-refractivity contribution in [3.8, 4) is 0 Å². The molecule has 2 aliphatic heterocycles. The Hall–Kier alpha value is -2.47. The van der Waals surface area contributed by atoms with Gasteiger partial charge in [-0.15, -0.1) is 0 Å². The number of carbonyl (C=O) groups excluding carboxylic acids is 2. The second kappa shape index (κ2) is 7.99. The predicted molar refractivity (Wildman–Crippen MR) is 127 cm³/mol. The van der Waals surface area contributed by atoms with Gasteiger partial charge < -0.3 is 4.90 Å². The number of fused-ring (bicyclic) bond motifs is 1. The van der Waals surface area contributed by atoms with E-state index in [2.05, 4.69) is 50.8 Å². The number of aryl methyl sites for hydroxylation is 1. The van der Waals surface area contributed by atoms with Crippen LogP contribution in [0.4, 0.5) is 5.69 Å². The smallest absolute Gasteiger partial charge is 0.265 e. The van der Waals surface area contributed by atoms with E-state index in [0.717, 1.165) is 23.2 Å². The van der Waals surface area contributed by atoms with Gasteiger partial charge in [0.25, 0.3) is 11.8 Å². The molecule has 0 atom stereocenters. The molecule has 1 aromatic rings. The highest BCUT2D eigenvalue weighted by atomic mass is 32.1. The number of anilines is 1. The molecule has 2 heterocycles. The number of hydrogen-bond donors (Lipinski definition) is 0. The first kappa shape index (κ1) is 22.2. The van der Waals surface area contributed by atoms with Gasteiger partial charge in [0.1, 0.15) is 5.57 Å². The zero-order valence-corrected chi connectivity index (χ0v) is 19.8. The zero-order valence-electron chi connectivity index (χ0n) is 19.0. The van der Waals surface area contributed by atoms with Gasteiger partial charge in [0.05, 0.1) is 5.54 Å². The van der Waals surface area contributed by atoms with E-state index in [1.165, 1.54) is 21.1 Å². The molecule has 1 fully saturated rings. The van der Waals surface area contributed by atoms with Crippen LogP contribution in [0.5, 0.6) is 0 Å². The summed E-state index contributed by atoms with van der Waals surface area (Å²) in [5, 5.41) is 0.286. The Kier molecular flexibility index (Phi) is 5.92. The Balaban J connectivity index is 2.15. The lowest BCUT2D eigenvalue weighted by Crippen LogP contribution is -2.55. The minimum absolute atomic E-state index is 0.0630. The van der Waals surface area contributed by atoms with Gasteiger partial charge in [-0.3, -0.25) is 19.4 Å². The summed E-state index contributed by atoms with van der Waals surface area (Å²) in [5.41, 5.74) is 5.55. The Bertz CT molecular complexity index is 962. The molecule has 0 bridgehead atoms. The maximum Gasteiger partial charge on any atom is 0.265 e. The number of nitrogens with zero attached hydrogens (tertiary/aromatic N) is 3. The van der Waals surface area contributed by atoms with Crippen molar-refractivity contribution in [3.63, 3.8) is 0 Å². The number of rotatable bonds is 4. The van der Waals surface area contributed by atoms with Gasteiger partial charge >= 0.3 is 0 Å². The summed E-state index contributed by atoms with van der Waals surface area (Å²) < 4.78 is 0. The number of likely N-dealkylation sites (N-methyl/N-ethyl adjacent to an activating group) is 3. The van der Waals surface area contributed by atoms with Crippen molar-refractivity contribution in [2.24, 2.45) is 0 Å². The fourth-order valence-corrected chi connectivity index (χ4v) is 4.94. The van der Waals surface area contributed by atoms with Crippen LogP contribution in [0, 0.1) is 6.92 Å². The molecule has 30 heavy (non-hydrogen) atoms. The first-order chi connectivity index (χ1) is 14.1. The van der Waals surface area contributed by atoms with Gasteiger partial charge in [-0.2, -0.15) is 0 Å². The van der Waals surface area contributed by atoms with Crippen molar-refractivity contribution in [1.29, 1.82) is 0 Å². The van der Waals surface area contributed by atoms with Crippen molar-refractivity contribution >= 4 is 46.5 Å². The number of carbonyl (C=O) groups is 2. The van der Waals surface area contributed by atoms with Crippen molar-refractivity contribution < 1.29 is 9.59 Å². The average molecular weight is 426 g/mol. The maximum atomic E-state index is 13.0. The SMILES string of the molecule is CCN1C(=O)C(=Cc2cc3c(cc2C)N(CC)C(C)(C)C=C3C)C(=O)N(CC)C1=S. The van der Waals surface area contributed by atoms with Gasteiger partial charge in [0.2, 0.25) is 0 Å². The molecule has 1 aromatic carbocycles. The number of amides is 2. The van der Waals surface area contributed by atoms with Crippen LogP contribution in [-0.2, 0) is 9.59 Å². The minimum Gasteiger partial charge on any atom is -0.363 e. The van der Waals surface area contributed by atoms with E-state index in [9.17, 15) is 9.59 Å².